The first-order chi connectivity index (χ1) is 10.6. The second kappa shape index (κ2) is 8.54. The molecule has 0 bridgehead atoms. The number of rotatable bonds is 5. The van der Waals surface area contributed by atoms with E-state index in [2.05, 4.69) is 0 Å². The Hall–Kier alpha value is -1.06. The third-order valence-electron chi connectivity index (χ3n) is 4.77. The summed E-state index contributed by atoms with van der Waals surface area (Å²) in [4.78, 5) is 24.8. The summed E-state index contributed by atoms with van der Waals surface area (Å²) in [6.07, 6.45) is 9.03. The molecule has 4 heteroatoms. The van der Waals surface area contributed by atoms with Gasteiger partial charge in [0.25, 0.3) is 0 Å². The van der Waals surface area contributed by atoms with Gasteiger partial charge in [0, 0.05) is 0 Å². The van der Waals surface area contributed by atoms with Gasteiger partial charge in [0.05, 0.1) is 18.4 Å². The summed E-state index contributed by atoms with van der Waals surface area (Å²) >= 11 is 0. The highest BCUT2D eigenvalue weighted by Gasteiger charge is 2.38. The molecule has 0 aromatic heterocycles. The second-order valence-corrected chi connectivity index (χ2v) is 7.22. The van der Waals surface area contributed by atoms with E-state index in [-0.39, 0.29) is 29.9 Å². The maximum atomic E-state index is 12.5. The van der Waals surface area contributed by atoms with Crippen LogP contribution in [0.15, 0.2) is 0 Å². The topological polar surface area (TPSA) is 52.6 Å². The molecule has 2 aliphatic carbocycles. The molecule has 2 saturated carbocycles. The van der Waals surface area contributed by atoms with Gasteiger partial charge in [-0.25, -0.2) is 0 Å². The Kier molecular flexibility index (Phi) is 6.71. The van der Waals surface area contributed by atoms with Crippen molar-refractivity contribution in [3.8, 4) is 0 Å². The van der Waals surface area contributed by atoms with Gasteiger partial charge in [0.2, 0.25) is 0 Å². The van der Waals surface area contributed by atoms with Crippen LogP contribution in [-0.2, 0) is 19.1 Å². The molecule has 126 valence electrons. The van der Waals surface area contributed by atoms with Gasteiger partial charge >= 0.3 is 11.9 Å². The Morgan fingerprint density at radius 3 is 2.00 bits per heavy atom. The monoisotopic (exact) mass is 310 g/mol. The molecule has 2 unspecified atom stereocenters. The summed E-state index contributed by atoms with van der Waals surface area (Å²) in [5.41, 5.74) is 0. The maximum absolute atomic E-state index is 12.5. The first-order valence-corrected chi connectivity index (χ1v) is 8.95. The molecule has 0 heterocycles. The summed E-state index contributed by atoms with van der Waals surface area (Å²) in [6.45, 7) is 4.46. The summed E-state index contributed by atoms with van der Waals surface area (Å²) in [5.74, 6) is -0.656. The van der Waals surface area contributed by atoms with Crippen molar-refractivity contribution in [2.75, 3.05) is 6.61 Å². The lowest BCUT2D eigenvalue weighted by molar-refractivity contribution is -0.167. The molecular formula is C18H30O4. The molecule has 22 heavy (non-hydrogen) atoms. The number of hydrogen-bond donors (Lipinski definition) is 0. The fraction of sp³-hybridized carbons (Fsp3) is 0.889. The molecule has 0 radical (unpaired) electrons. The Balaban J connectivity index is 1.90. The summed E-state index contributed by atoms with van der Waals surface area (Å²) < 4.78 is 11.1. The normalized spacial score (nSPS) is 26.7. The molecule has 0 aromatic carbocycles. The minimum absolute atomic E-state index is 0.0653. The number of ether oxygens (including phenoxy) is 2. The number of hydrogen-bond acceptors (Lipinski definition) is 4. The van der Waals surface area contributed by atoms with Crippen LogP contribution < -0.4 is 0 Å². The van der Waals surface area contributed by atoms with E-state index in [0.29, 0.717) is 12.5 Å². The van der Waals surface area contributed by atoms with Crippen LogP contribution in [0.25, 0.3) is 0 Å². The van der Waals surface area contributed by atoms with Crippen molar-refractivity contribution < 1.29 is 19.1 Å². The van der Waals surface area contributed by atoms with Crippen LogP contribution >= 0.6 is 0 Å². The van der Waals surface area contributed by atoms with E-state index in [1.54, 1.807) is 0 Å². The van der Waals surface area contributed by atoms with Crippen LogP contribution in [0.1, 0.15) is 71.6 Å². The third kappa shape index (κ3) is 4.99. The summed E-state index contributed by atoms with van der Waals surface area (Å²) in [6, 6.07) is 0. The lowest BCUT2D eigenvalue weighted by Crippen LogP contribution is -2.37. The Labute approximate surface area is 133 Å². The molecule has 0 aromatic rings. The van der Waals surface area contributed by atoms with E-state index in [1.807, 2.05) is 13.8 Å². The molecule has 2 fully saturated rings. The van der Waals surface area contributed by atoms with E-state index >= 15 is 0 Å². The zero-order valence-corrected chi connectivity index (χ0v) is 14.0. The molecule has 2 aliphatic rings. The molecule has 0 saturated heterocycles. The van der Waals surface area contributed by atoms with Crippen LogP contribution in [-0.4, -0.2) is 24.6 Å². The van der Waals surface area contributed by atoms with Crippen molar-refractivity contribution in [2.45, 2.75) is 77.7 Å². The average molecular weight is 310 g/mol. The van der Waals surface area contributed by atoms with Crippen LogP contribution in [0, 0.1) is 17.8 Å². The zero-order chi connectivity index (χ0) is 15.9. The zero-order valence-electron chi connectivity index (χ0n) is 14.0. The number of esters is 2. The maximum Gasteiger partial charge on any atom is 0.310 e. The van der Waals surface area contributed by atoms with Gasteiger partial charge in [0.15, 0.2) is 0 Å². The fourth-order valence-electron chi connectivity index (χ4n) is 3.49. The van der Waals surface area contributed by atoms with Gasteiger partial charge in [-0.1, -0.05) is 33.1 Å². The number of carbonyl (C=O) groups is 2. The highest BCUT2D eigenvalue weighted by molar-refractivity contribution is 5.82. The smallest absolute Gasteiger partial charge is 0.310 e. The van der Waals surface area contributed by atoms with E-state index in [9.17, 15) is 9.59 Å². The van der Waals surface area contributed by atoms with Crippen molar-refractivity contribution >= 4 is 11.9 Å². The first kappa shape index (κ1) is 17.3. The third-order valence-corrected chi connectivity index (χ3v) is 4.77. The van der Waals surface area contributed by atoms with Crippen LogP contribution in [0.5, 0.6) is 0 Å². The molecule has 2 rings (SSSR count). The molecule has 0 N–H and O–H groups in total. The van der Waals surface area contributed by atoms with Crippen molar-refractivity contribution in [1.82, 2.24) is 0 Å². The standard InChI is InChI=1S/C18H30O4/c1-13(2)12-21-17(19)15-10-6-7-11-16(15)18(20)22-14-8-4-3-5-9-14/h13-16H,3-12H2,1-2H3. The molecule has 4 nitrogen and oxygen atoms in total. The van der Waals surface area contributed by atoms with Crippen LogP contribution in [0.4, 0.5) is 0 Å². The van der Waals surface area contributed by atoms with Crippen molar-refractivity contribution in [2.24, 2.45) is 17.8 Å². The van der Waals surface area contributed by atoms with Gasteiger partial charge in [0.1, 0.15) is 6.10 Å². The summed E-state index contributed by atoms with van der Waals surface area (Å²) in [5, 5.41) is 0. The van der Waals surface area contributed by atoms with Crippen molar-refractivity contribution in [1.29, 1.82) is 0 Å². The quantitative estimate of drug-likeness (QED) is 0.723. The molecule has 2 atom stereocenters. The Morgan fingerprint density at radius 2 is 1.41 bits per heavy atom. The SMILES string of the molecule is CC(C)COC(=O)C1CCCCC1C(=O)OC1CCCCC1. The van der Waals surface area contributed by atoms with Gasteiger partial charge < -0.3 is 9.47 Å². The Morgan fingerprint density at radius 1 is 0.864 bits per heavy atom. The predicted molar refractivity (Wildman–Crippen MR) is 84.2 cm³/mol. The van der Waals surface area contributed by atoms with Crippen molar-refractivity contribution in [3.05, 3.63) is 0 Å². The molecule has 0 amide bonds. The van der Waals surface area contributed by atoms with E-state index in [4.69, 9.17) is 9.47 Å². The number of carbonyl (C=O) groups excluding carboxylic acids is 2. The molecular weight excluding hydrogens is 280 g/mol. The predicted octanol–water partition coefficient (Wildman–Crippen LogP) is 3.87. The minimum atomic E-state index is -0.302. The van der Waals surface area contributed by atoms with E-state index in [0.717, 1.165) is 51.4 Å². The van der Waals surface area contributed by atoms with Gasteiger partial charge in [-0.2, -0.15) is 0 Å². The van der Waals surface area contributed by atoms with Crippen LogP contribution in [0.3, 0.4) is 0 Å². The lowest BCUT2D eigenvalue weighted by Gasteiger charge is -2.31. The van der Waals surface area contributed by atoms with Crippen molar-refractivity contribution in [3.63, 3.8) is 0 Å². The second-order valence-electron chi connectivity index (χ2n) is 7.22. The molecule has 0 spiro atoms. The highest BCUT2D eigenvalue weighted by atomic mass is 16.5. The van der Waals surface area contributed by atoms with Gasteiger partial charge in [-0.15, -0.1) is 0 Å². The van der Waals surface area contributed by atoms with Gasteiger partial charge in [-0.05, 0) is 44.4 Å². The molecule has 0 aliphatic heterocycles. The largest absolute Gasteiger partial charge is 0.465 e. The lowest BCUT2D eigenvalue weighted by atomic mass is 9.79. The summed E-state index contributed by atoms with van der Waals surface area (Å²) in [7, 11) is 0. The Bertz CT molecular complexity index is 371. The first-order valence-electron chi connectivity index (χ1n) is 8.95. The fourth-order valence-corrected chi connectivity index (χ4v) is 3.49. The van der Waals surface area contributed by atoms with Crippen LogP contribution in [0.2, 0.25) is 0 Å². The van der Waals surface area contributed by atoms with E-state index < -0.39 is 0 Å². The minimum Gasteiger partial charge on any atom is -0.465 e. The average Bonchev–Trinajstić information content (AvgIpc) is 2.53. The highest BCUT2D eigenvalue weighted by Crippen LogP contribution is 2.33. The van der Waals surface area contributed by atoms with Gasteiger partial charge in [-0.3, -0.25) is 9.59 Å². The van der Waals surface area contributed by atoms with E-state index in [1.165, 1.54) is 6.42 Å².